The van der Waals surface area contributed by atoms with E-state index in [0.29, 0.717) is 46.3 Å². The highest BCUT2D eigenvalue weighted by atomic mass is 32.1. The van der Waals surface area contributed by atoms with Crippen molar-refractivity contribution in [2.24, 2.45) is 0 Å². The Balaban J connectivity index is 1.41. The average molecular weight is 436 g/mol. The highest BCUT2D eigenvalue weighted by molar-refractivity contribution is 7.18. The van der Waals surface area contributed by atoms with Crippen molar-refractivity contribution in [1.29, 1.82) is 5.26 Å². The Morgan fingerprint density at radius 3 is 2.74 bits per heavy atom. The number of halogens is 1. The van der Waals surface area contributed by atoms with Crippen molar-refractivity contribution in [2.75, 3.05) is 17.2 Å². The molecule has 8 nitrogen and oxygen atoms in total. The van der Waals surface area contributed by atoms with E-state index in [0.717, 1.165) is 0 Å². The lowest BCUT2D eigenvalue weighted by Crippen LogP contribution is -2.45. The number of hydrogen-bond acceptors (Lipinski definition) is 6. The van der Waals surface area contributed by atoms with Crippen LogP contribution in [0.1, 0.15) is 18.4 Å². The van der Waals surface area contributed by atoms with E-state index in [1.54, 1.807) is 36.4 Å². The summed E-state index contributed by atoms with van der Waals surface area (Å²) in [6.45, 7) is 0.443. The third-order valence-corrected chi connectivity index (χ3v) is 5.69. The molecule has 156 valence electrons. The monoisotopic (exact) mass is 436 g/mol. The molecule has 1 fully saturated rings. The Bertz CT molecular complexity index is 1160. The molecule has 2 heterocycles. The molecule has 2 aromatic carbocycles. The summed E-state index contributed by atoms with van der Waals surface area (Å²) < 4.78 is 13.1. The van der Waals surface area contributed by atoms with Crippen LogP contribution < -0.4 is 10.6 Å². The van der Waals surface area contributed by atoms with Crippen molar-refractivity contribution in [3.8, 4) is 16.6 Å². The van der Waals surface area contributed by atoms with E-state index in [9.17, 15) is 14.0 Å². The molecule has 10 heteroatoms. The van der Waals surface area contributed by atoms with Gasteiger partial charge in [-0.25, -0.2) is 9.18 Å². The van der Waals surface area contributed by atoms with Gasteiger partial charge < -0.3 is 10.2 Å². The number of nitriles is 1. The first-order valence-electron chi connectivity index (χ1n) is 9.51. The Hall–Kier alpha value is -3.84. The zero-order valence-corrected chi connectivity index (χ0v) is 17.0. The fourth-order valence-electron chi connectivity index (χ4n) is 3.32. The lowest BCUT2D eigenvalue weighted by molar-refractivity contribution is -0.119. The van der Waals surface area contributed by atoms with Crippen molar-refractivity contribution >= 4 is 34.1 Å². The van der Waals surface area contributed by atoms with E-state index < -0.39 is 12.1 Å². The van der Waals surface area contributed by atoms with Gasteiger partial charge in [0.05, 0.1) is 11.6 Å². The molecule has 1 atom stereocenters. The van der Waals surface area contributed by atoms with Crippen molar-refractivity contribution in [1.82, 2.24) is 15.1 Å². The smallest absolute Gasteiger partial charge is 0.312 e. The lowest BCUT2D eigenvalue weighted by atomic mass is 10.2. The Morgan fingerprint density at radius 1 is 1.16 bits per heavy atom. The summed E-state index contributed by atoms with van der Waals surface area (Å²) in [5.41, 5.74) is 1.62. The summed E-state index contributed by atoms with van der Waals surface area (Å²) in [6, 6.07) is 13.4. The number of hydrogen-bond donors (Lipinski definition) is 2. The minimum atomic E-state index is -0.641. The molecule has 1 unspecified atom stereocenters. The molecule has 1 aliphatic heterocycles. The fraction of sp³-hybridized carbons (Fsp3) is 0.190. The molecule has 4 rings (SSSR count). The van der Waals surface area contributed by atoms with Crippen LogP contribution in [0.25, 0.3) is 10.6 Å². The van der Waals surface area contributed by atoms with Crippen LogP contribution in [0.4, 0.5) is 20.0 Å². The molecule has 0 saturated carbocycles. The zero-order chi connectivity index (χ0) is 21.8. The standard InChI is InChI=1S/C21H17FN6O2S/c22-15-8-6-14(7-9-15)19-26-27-20(31-19)25-18(29)17-5-2-10-28(17)21(30)24-16-4-1-3-13(11-16)12-23/h1,3-4,6-9,11,17H,2,5,10H2,(H,24,30)(H,25,27,29). The second-order valence-electron chi connectivity index (χ2n) is 6.88. The fourth-order valence-corrected chi connectivity index (χ4v) is 4.07. The molecule has 0 bridgehead atoms. The van der Waals surface area contributed by atoms with Crippen molar-refractivity contribution in [3.05, 3.63) is 59.9 Å². The molecule has 0 aliphatic carbocycles. The summed E-state index contributed by atoms with van der Waals surface area (Å²) in [6.07, 6.45) is 1.22. The normalized spacial score (nSPS) is 15.4. The second-order valence-corrected chi connectivity index (χ2v) is 7.86. The first-order chi connectivity index (χ1) is 15.0. The maximum absolute atomic E-state index is 13.1. The second kappa shape index (κ2) is 8.89. The number of rotatable bonds is 4. The van der Waals surface area contributed by atoms with Gasteiger partial charge in [-0.1, -0.05) is 17.4 Å². The Morgan fingerprint density at radius 2 is 1.97 bits per heavy atom. The first-order valence-corrected chi connectivity index (χ1v) is 10.3. The molecule has 3 amide bonds. The van der Waals surface area contributed by atoms with Gasteiger partial charge in [-0.15, -0.1) is 10.2 Å². The summed E-state index contributed by atoms with van der Waals surface area (Å²) in [4.78, 5) is 26.9. The van der Waals surface area contributed by atoms with Crippen molar-refractivity contribution in [2.45, 2.75) is 18.9 Å². The SMILES string of the molecule is N#Cc1cccc(NC(=O)N2CCCC2C(=O)Nc2nnc(-c3ccc(F)cc3)s2)c1. The van der Waals surface area contributed by atoms with E-state index >= 15 is 0 Å². The highest BCUT2D eigenvalue weighted by Crippen LogP contribution is 2.27. The topological polar surface area (TPSA) is 111 Å². The number of urea groups is 1. The predicted molar refractivity (Wildman–Crippen MR) is 114 cm³/mol. The van der Waals surface area contributed by atoms with Gasteiger partial charge in [-0.05, 0) is 55.3 Å². The quantitative estimate of drug-likeness (QED) is 0.645. The van der Waals surface area contributed by atoms with Crippen LogP contribution in [0.3, 0.4) is 0 Å². The molecule has 3 aromatic rings. The van der Waals surface area contributed by atoms with E-state index in [2.05, 4.69) is 20.8 Å². The van der Waals surface area contributed by atoms with Gasteiger partial charge in [-0.2, -0.15) is 5.26 Å². The molecule has 31 heavy (non-hydrogen) atoms. The maximum atomic E-state index is 13.1. The van der Waals surface area contributed by atoms with Gasteiger partial charge in [0.1, 0.15) is 16.9 Å². The van der Waals surface area contributed by atoms with E-state index in [-0.39, 0.29) is 11.7 Å². The third kappa shape index (κ3) is 4.67. The minimum Gasteiger partial charge on any atom is -0.312 e. The number of amides is 3. The van der Waals surface area contributed by atoms with Gasteiger partial charge in [0, 0.05) is 17.8 Å². The number of carbonyl (C=O) groups excluding carboxylic acids is 2. The number of anilines is 2. The van der Waals surface area contributed by atoms with Crippen molar-refractivity contribution in [3.63, 3.8) is 0 Å². The van der Waals surface area contributed by atoms with E-state index in [4.69, 9.17) is 5.26 Å². The first kappa shape index (κ1) is 20.4. The van der Waals surface area contributed by atoms with Crippen molar-refractivity contribution < 1.29 is 14.0 Å². The van der Waals surface area contributed by atoms with Gasteiger partial charge in [-0.3, -0.25) is 10.1 Å². The lowest BCUT2D eigenvalue weighted by Gasteiger charge is -2.23. The van der Waals surface area contributed by atoms with Gasteiger partial charge >= 0.3 is 6.03 Å². The summed E-state index contributed by atoms with van der Waals surface area (Å²) in [5.74, 6) is -0.694. The number of carbonyl (C=O) groups is 2. The molecule has 1 saturated heterocycles. The molecular formula is C21H17FN6O2S. The van der Waals surface area contributed by atoms with Crippen LogP contribution >= 0.6 is 11.3 Å². The zero-order valence-electron chi connectivity index (χ0n) is 16.2. The number of aromatic nitrogens is 2. The van der Waals surface area contributed by atoms with E-state index in [1.807, 2.05) is 6.07 Å². The van der Waals surface area contributed by atoms with Crippen LogP contribution in [-0.4, -0.2) is 39.6 Å². The van der Waals surface area contributed by atoms with Crippen LogP contribution in [0.5, 0.6) is 0 Å². The highest BCUT2D eigenvalue weighted by Gasteiger charge is 2.34. The van der Waals surface area contributed by atoms with Crippen LogP contribution in [-0.2, 0) is 4.79 Å². The Labute approximate surface area is 181 Å². The molecule has 1 aromatic heterocycles. The third-order valence-electron chi connectivity index (χ3n) is 4.81. The molecule has 2 N–H and O–H groups in total. The number of nitrogens with zero attached hydrogens (tertiary/aromatic N) is 4. The van der Waals surface area contributed by atoms with Crippen LogP contribution in [0, 0.1) is 17.1 Å². The van der Waals surface area contributed by atoms with E-state index in [1.165, 1.54) is 28.4 Å². The number of benzene rings is 2. The summed E-state index contributed by atoms with van der Waals surface area (Å²) >= 11 is 1.17. The number of likely N-dealkylation sites (tertiary alicyclic amines) is 1. The average Bonchev–Trinajstić information content (AvgIpc) is 3.44. The summed E-state index contributed by atoms with van der Waals surface area (Å²) in [7, 11) is 0. The van der Waals surface area contributed by atoms with Crippen LogP contribution in [0.2, 0.25) is 0 Å². The molecule has 1 aliphatic rings. The summed E-state index contributed by atoms with van der Waals surface area (Å²) in [5, 5.41) is 23.3. The van der Waals surface area contributed by atoms with Gasteiger partial charge in [0.15, 0.2) is 0 Å². The maximum Gasteiger partial charge on any atom is 0.322 e. The van der Waals surface area contributed by atoms with Crippen LogP contribution in [0.15, 0.2) is 48.5 Å². The minimum absolute atomic E-state index is 0.304. The molecule has 0 spiro atoms. The molecule has 0 radical (unpaired) electrons. The predicted octanol–water partition coefficient (Wildman–Crippen LogP) is 3.85. The van der Waals surface area contributed by atoms with Gasteiger partial charge in [0.2, 0.25) is 11.0 Å². The largest absolute Gasteiger partial charge is 0.322 e. The van der Waals surface area contributed by atoms with Gasteiger partial charge in [0.25, 0.3) is 0 Å². The Kier molecular flexibility index (Phi) is 5.86. The number of nitrogens with one attached hydrogen (secondary N) is 2. The molecular weight excluding hydrogens is 419 g/mol.